The fraction of sp³-hybridized carbons (Fsp3) is 0.381. The van der Waals surface area contributed by atoms with Gasteiger partial charge in [-0.05, 0) is 68.3 Å². The molecule has 5 heteroatoms. The van der Waals surface area contributed by atoms with Gasteiger partial charge < -0.3 is 5.32 Å². The number of aryl methyl sites for hydroxylation is 2. The molecule has 1 aromatic carbocycles. The van der Waals surface area contributed by atoms with Crippen molar-refractivity contribution >= 4 is 11.8 Å². The zero-order chi connectivity index (χ0) is 17.9. The summed E-state index contributed by atoms with van der Waals surface area (Å²) < 4.78 is 0. The van der Waals surface area contributed by atoms with Crippen molar-refractivity contribution in [2.45, 2.75) is 44.6 Å². The highest BCUT2D eigenvalue weighted by molar-refractivity contribution is 6.22. The maximum atomic E-state index is 12.0. The average Bonchev–Trinajstić information content (AvgIpc) is 2.96. The van der Waals surface area contributed by atoms with E-state index in [2.05, 4.69) is 21.7 Å². The number of hydrogen-bond acceptors (Lipinski definition) is 4. The van der Waals surface area contributed by atoms with Crippen molar-refractivity contribution < 1.29 is 9.59 Å². The topological polar surface area (TPSA) is 71.1 Å². The number of imide groups is 1. The van der Waals surface area contributed by atoms with Gasteiger partial charge in [0.1, 0.15) is 0 Å². The summed E-state index contributed by atoms with van der Waals surface area (Å²) in [6, 6.07) is 10.1. The molecule has 1 atom stereocenters. The summed E-state index contributed by atoms with van der Waals surface area (Å²) >= 11 is 0. The van der Waals surface area contributed by atoms with Crippen LogP contribution in [0.25, 0.3) is 0 Å². The zero-order valence-corrected chi connectivity index (χ0v) is 14.8. The lowest BCUT2D eigenvalue weighted by Gasteiger charge is -2.25. The van der Waals surface area contributed by atoms with Crippen LogP contribution < -0.4 is 10.6 Å². The molecule has 1 aliphatic heterocycles. The van der Waals surface area contributed by atoms with E-state index < -0.39 is 0 Å². The van der Waals surface area contributed by atoms with Crippen LogP contribution in [0, 0.1) is 0 Å². The number of unbranched alkanes of at least 4 members (excludes halogenated alkanes) is 1. The molecule has 26 heavy (non-hydrogen) atoms. The van der Waals surface area contributed by atoms with Gasteiger partial charge in [-0.25, -0.2) is 0 Å². The van der Waals surface area contributed by atoms with Gasteiger partial charge >= 0.3 is 0 Å². The van der Waals surface area contributed by atoms with Crippen LogP contribution in [0.1, 0.15) is 69.3 Å². The van der Waals surface area contributed by atoms with Crippen molar-refractivity contribution in [1.29, 1.82) is 0 Å². The van der Waals surface area contributed by atoms with E-state index >= 15 is 0 Å². The minimum Gasteiger partial charge on any atom is -0.309 e. The lowest BCUT2D eigenvalue weighted by Crippen LogP contribution is -2.27. The van der Waals surface area contributed by atoms with Gasteiger partial charge in [0.05, 0.1) is 16.8 Å². The number of amides is 2. The van der Waals surface area contributed by atoms with Crippen LogP contribution >= 0.6 is 0 Å². The number of benzene rings is 1. The number of rotatable bonds is 6. The molecule has 2 N–H and O–H groups in total. The van der Waals surface area contributed by atoms with Crippen LogP contribution in [0.2, 0.25) is 0 Å². The molecule has 0 fully saturated rings. The van der Waals surface area contributed by atoms with E-state index in [1.807, 2.05) is 24.4 Å². The molecule has 2 aromatic rings. The Bertz CT molecular complexity index is 847. The lowest BCUT2D eigenvalue weighted by atomic mass is 9.92. The second-order valence-electron chi connectivity index (χ2n) is 7.03. The summed E-state index contributed by atoms with van der Waals surface area (Å²) in [5.74, 6) is -0.541. The minimum absolute atomic E-state index is 0.261. The van der Waals surface area contributed by atoms with E-state index in [0.29, 0.717) is 17.2 Å². The summed E-state index contributed by atoms with van der Waals surface area (Å²) in [7, 11) is 0. The van der Waals surface area contributed by atoms with Crippen LogP contribution in [0.3, 0.4) is 0 Å². The first-order valence-electron chi connectivity index (χ1n) is 9.39. The minimum atomic E-state index is -0.281. The van der Waals surface area contributed by atoms with Crippen LogP contribution in [0.4, 0.5) is 0 Å². The van der Waals surface area contributed by atoms with Gasteiger partial charge in [-0.3, -0.25) is 19.9 Å². The molecule has 2 amide bonds. The highest BCUT2D eigenvalue weighted by Crippen LogP contribution is 2.27. The van der Waals surface area contributed by atoms with Gasteiger partial charge in [-0.15, -0.1) is 0 Å². The van der Waals surface area contributed by atoms with Crippen LogP contribution in [0.5, 0.6) is 0 Å². The molecule has 2 heterocycles. The first kappa shape index (κ1) is 16.9. The van der Waals surface area contributed by atoms with Crippen LogP contribution in [-0.4, -0.2) is 23.3 Å². The maximum Gasteiger partial charge on any atom is 0.259 e. The Labute approximate surface area is 153 Å². The Balaban J connectivity index is 1.30. The zero-order valence-electron chi connectivity index (χ0n) is 14.8. The second kappa shape index (κ2) is 7.38. The highest BCUT2D eigenvalue weighted by atomic mass is 16.2. The fourth-order valence-corrected chi connectivity index (χ4v) is 4.02. The van der Waals surface area contributed by atoms with Crippen LogP contribution in [0.15, 0.2) is 36.5 Å². The van der Waals surface area contributed by atoms with E-state index in [0.717, 1.165) is 44.2 Å². The van der Waals surface area contributed by atoms with E-state index in [4.69, 9.17) is 0 Å². The third-order valence-corrected chi connectivity index (χ3v) is 5.31. The molecule has 1 aromatic heterocycles. The Morgan fingerprint density at radius 3 is 2.96 bits per heavy atom. The number of carbonyl (C=O) groups excluding carboxylic acids is 2. The second-order valence-corrected chi connectivity index (χ2v) is 7.03. The Hall–Kier alpha value is -2.53. The summed E-state index contributed by atoms with van der Waals surface area (Å²) in [5.41, 5.74) is 4.61. The van der Waals surface area contributed by atoms with Crippen molar-refractivity contribution in [2.24, 2.45) is 0 Å². The molecule has 0 saturated heterocycles. The molecule has 1 aliphatic carbocycles. The number of fused-ring (bicyclic) bond motifs is 2. The molecule has 5 nitrogen and oxygen atoms in total. The maximum absolute atomic E-state index is 12.0. The van der Waals surface area contributed by atoms with Crippen molar-refractivity contribution in [1.82, 2.24) is 15.6 Å². The summed E-state index contributed by atoms with van der Waals surface area (Å²) in [4.78, 5) is 28.3. The number of hydrogen-bond donors (Lipinski definition) is 2. The van der Waals surface area contributed by atoms with Gasteiger partial charge in [0.2, 0.25) is 0 Å². The van der Waals surface area contributed by atoms with Gasteiger partial charge in [-0.1, -0.05) is 18.2 Å². The predicted octanol–water partition coefficient (Wildman–Crippen LogP) is 2.96. The molecular weight excluding hydrogens is 326 g/mol. The number of nitrogens with one attached hydrogen (secondary N) is 2. The van der Waals surface area contributed by atoms with E-state index in [1.54, 1.807) is 6.07 Å². The van der Waals surface area contributed by atoms with Crippen molar-refractivity contribution in [2.75, 3.05) is 6.54 Å². The fourth-order valence-electron chi connectivity index (χ4n) is 4.02. The molecular formula is C21H23N3O2. The van der Waals surface area contributed by atoms with E-state index in [9.17, 15) is 9.59 Å². The SMILES string of the molecule is O=C1NC(=O)c2c(CCCCNC3CCCc4cccnc43)cccc21. The van der Waals surface area contributed by atoms with E-state index in [1.165, 1.54) is 17.7 Å². The molecule has 134 valence electrons. The van der Waals surface area contributed by atoms with E-state index in [-0.39, 0.29) is 11.8 Å². The van der Waals surface area contributed by atoms with Gasteiger partial charge in [0.15, 0.2) is 0 Å². The summed E-state index contributed by atoms with van der Waals surface area (Å²) in [6.07, 6.45) is 8.16. The third-order valence-electron chi connectivity index (χ3n) is 5.31. The molecule has 0 spiro atoms. The number of nitrogens with zero attached hydrogens (tertiary/aromatic N) is 1. The number of aromatic nitrogens is 1. The number of carbonyl (C=O) groups is 2. The molecule has 1 unspecified atom stereocenters. The lowest BCUT2D eigenvalue weighted by molar-refractivity contribution is 0.0879. The van der Waals surface area contributed by atoms with Gasteiger partial charge in [-0.2, -0.15) is 0 Å². The molecule has 0 radical (unpaired) electrons. The summed E-state index contributed by atoms with van der Waals surface area (Å²) in [6.45, 7) is 0.931. The number of pyridine rings is 1. The summed E-state index contributed by atoms with van der Waals surface area (Å²) in [5, 5.41) is 6.02. The monoisotopic (exact) mass is 349 g/mol. The Kier molecular flexibility index (Phi) is 4.80. The largest absolute Gasteiger partial charge is 0.309 e. The quantitative estimate of drug-likeness (QED) is 0.621. The third kappa shape index (κ3) is 3.27. The van der Waals surface area contributed by atoms with Gasteiger partial charge in [0.25, 0.3) is 11.8 Å². The van der Waals surface area contributed by atoms with Crippen molar-refractivity contribution in [3.8, 4) is 0 Å². The van der Waals surface area contributed by atoms with Crippen molar-refractivity contribution in [3.63, 3.8) is 0 Å². The van der Waals surface area contributed by atoms with Crippen LogP contribution in [-0.2, 0) is 12.8 Å². The highest BCUT2D eigenvalue weighted by Gasteiger charge is 2.28. The predicted molar refractivity (Wildman–Crippen MR) is 99.1 cm³/mol. The normalized spacial score (nSPS) is 18.4. The van der Waals surface area contributed by atoms with Gasteiger partial charge in [0, 0.05) is 12.2 Å². The average molecular weight is 349 g/mol. The molecule has 2 aliphatic rings. The first-order chi connectivity index (χ1) is 12.7. The standard InChI is InChI=1S/C21H23N3O2/c25-20-16-10-3-7-14(18(16)21(26)24-20)6-1-2-12-22-17-11-4-8-15-9-5-13-23-19(15)17/h3,5,7,9-10,13,17,22H,1-2,4,6,8,11-12H2,(H,24,25,26). The molecule has 0 saturated carbocycles. The molecule has 0 bridgehead atoms. The Morgan fingerprint density at radius 1 is 1.12 bits per heavy atom. The van der Waals surface area contributed by atoms with Crippen molar-refractivity contribution in [3.05, 3.63) is 64.5 Å². The Morgan fingerprint density at radius 2 is 2.04 bits per heavy atom. The molecule has 4 rings (SSSR count). The smallest absolute Gasteiger partial charge is 0.259 e. The first-order valence-corrected chi connectivity index (χ1v) is 9.39.